The number of carbonyl (C=O) groups excluding carboxylic acids is 2. The third-order valence-corrected chi connectivity index (χ3v) is 2.82. The Hall–Kier alpha value is -1.70. The molecule has 0 rings (SSSR count). The molecule has 0 N–H and O–H groups in total. The zero-order valence-electron chi connectivity index (χ0n) is 14.2. The van der Waals surface area contributed by atoms with E-state index in [4.69, 9.17) is 0 Å². The van der Waals surface area contributed by atoms with Gasteiger partial charge in [-0.25, -0.2) is 0 Å². The molecule has 0 aromatic rings. The number of rotatable bonds is 12. The van der Waals surface area contributed by atoms with Crippen molar-refractivity contribution in [2.24, 2.45) is 0 Å². The van der Waals surface area contributed by atoms with Gasteiger partial charge in [-0.15, -0.1) is 0 Å². The van der Waals surface area contributed by atoms with E-state index in [1.54, 1.807) is 12.2 Å². The minimum absolute atomic E-state index is 0.788. The topological polar surface area (TPSA) is 34.1 Å². The Morgan fingerprint density at radius 1 is 0.545 bits per heavy atom. The summed E-state index contributed by atoms with van der Waals surface area (Å²) < 4.78 is 0. The number of allylic oxidation sites excluding steroid dienone is 8. The van der Waals surface area contributed by atoms with Crippen LogP contribution in [-0.4, -0.2) is 12.6 Å². The Balaban J connectivity index is 0. The highest BCUT2D eigenvalue weighted by molar-refractivity contribution is 5.65. The number of unbranched alkanes of at least 4 members (excludes halogenated alkanes) is 6. The van der Waals surface area contributed by atoms with Gasteiger partial charge in [0, 0.05) is 0 Å². The third-order valence-electron chi connectivity index (χ3n) is 2.82. The molecule has 0 aliphatic rings. The average molecular weight is 304 g/mol. The van der Waals surface area contributed by atoms with E-state index < -0.39 is 0 Å². The van der Waals surface area contributed by atoms with Gasteiger partial charge in [0.25, 0.3) is 0 Å². The molecule has 124 valence electrons. The molecule has 0 aromatic carbocycles. The summed E-state index contributed by atoms with van der Waals surface area (Å²) in [6.07, 6.45) is 26.0. The van der Waals surface area contributed by atoms with E-state index >= 15 is 0 Å². The summed E-state index contributed by atoms with van der Waals surface area (Å²) >= 11 is 0. The number of carbonyl (C=O) groups is 2. The average Bonchev–Trinajstić information content (AvgIpc) is 2.54. The minimum atomic E-state index is 0.788. The summed E-state index contributed by atoms with van der Waals surface area (Å²) in [6.45, 7) is 4.38. The van der Waals surface area contributed by atoms with E-state index in [1.165, 1.54) is 50.7 Å². The highest BCUT2D eigenvalue weighted by atomic mass is 16.1. The second kappa shape index (κ2) is 24.3. The molecule has 0 unspecified atom stereocenters. The van der Waals surface area contributed by atoms with Gasteiger partial charge >= 0.3 is 0 Å². The summed E-state index contributed by atoms with van der Waals surface area (Å²) in [6, 6.07) is 0. The molecule has 0 heterocycles. The molecule has 0 spiro atoms. The molecule has 0 aliphatic carbocycles. The number of hydrogen-bond acceptors (Lipinski definition) is 2. The Bertz CT molecular complexity index is 302. The molecule has 22 heavy (non-hydrogen) atoms. The maximum atomic E-state index is 9.82. The van der Waals surface area contributed by atoms with Gasteiger partial charge in [0.1, 0.15) is 12.6 Å². The lowest BCUT2D eigenvalue weighted by Crippen LogP contribution is -1.69. The first-order valence-corrected chi connectivity index (χ1v) is 8.37. The van der Waals surface area contributed by atoms with Crippen LogP contribution in [0, 0.1) is 0 Å². The van der Waals surface area contributed by atoms with Crippen LogP contribution in [0.1, 0.15) is 65.2 Å². The van der Waals surface area contributed by atoms with Crippen LogP contribution < -0.4 is 0 Å². The zero-order valence-corrected chi connectivity index (χ0v) is 14.2. The fourth-order valence-corrected chi connectivity index (χ4v) is 1.59. The van der Waals surface area contributed by atoms with E-state index in [9.17, 15) is 9.59 Å². The molecule has 0 radical (unpaired) electrons. The van der Waals surface area contributed by atoms with Crippen molar-refractivity contribution in [3.8, 4) is 0 Å². The van der Waals surface area contributed by atoms with Gasteiger partial charge in [0.15, 0.2) is 0 Å². The monoisotopic (exact) mass is 304 g/mol. The van der Waals surface area contributed by atoms with Crippen molar-refractivity contribution in [3.63, 3.8) is 0 Å². The second-order valence-corrected chi connectivity index (χ2v) is 4.89. The Morgan fingerprint density at radius 2 is 0.955 bits per heavy atom. The largest absolute Gasteiger partial charge is 0.299 e. The first-order chi connectivity index (χ1) is 10.8. The van der Waals surface area contributed by atoms with Gasteiger partial charge in [-0.3, -0.25) is 9.59 Å². The summed E-state index contributed by atoms with van der Waals surface area (Å²) in [5.74, 6) is 0. The van der Waals surface area contributed by atoms with Crippen molar-refractivity contribution < 1.29 is 9.59 Å². The van der Waals surface area contributed by atoms with E-state index in [2.05, 4.69) is 26.0 Å². The predicted molar refractivity (Wildman–Crippen MR) is 97.0 cm³/mol. The quantitative estimate of drug-likeness (QED) is 0.199. The molecular weight excluding hydrogens is 272 g/mol. The van der Waals surface area contributed by atoms with E-state index in [1.807, 2.05) is 12.2 Å². The standard InChI is InChI=1S/2C10H16O/c2*1-2-3-4-5-6-7-8-9-10-11/h2*6-10H,2-5H2,1H3/b7-6+,9-8+;. The van der Waals surface area contributed by atoms with Crippen molar-refractivity contribution in [3.05, 3.63) is 48.6 Å². The normalized spacial score (nSPS) is 11.4. The molecule has 0 bridgehead atoms. The lowest BCUT2D eigenvalue weighted by Gasteiger charge is -1.89. The van der Waals surface area contributed by atoms with Crippen LogP contribution in [0.2, 0.25) is 0 Å². The molecule has 0 aliphatic heterocycles. The van der Waals surface area contributed by atoms with Crippen LogP contribution in [0.5, 0.6) is 0 Å². The van der Waals surface area contributed by atoms with Crippen LogP contribution in [0.15, 0.2) is 48.6 Å². The lowest BCUT2D eigenvalue weighted by atomic mass is 10.2. The molecular formula is C20H32O2. The predicted octanol–water partition coefficient (Wildman–Crippen LogP) is 5.76. The van der Waals surface area contributed by atoms with Crippen molar-refractivity contribution in [1.82, 2.24) is 0 Å². The minimum Gasteiger partial charge on any atom is -0.299 e. The highest BCUT2D eigenvalue weighted by Crippen LogP contribution is 1.99. The van der Waals surface area contributed by atoms with Gasteiger partial charge in [0.2, 0.25) is 0 Å². The maximum Gasteiger partial charge on any atom is 0.142 e. The molecule has 0 saturated heterocycles. The number of aldehydes is 2. The Morgan fingerprint density at radius 3 is 1.27 bits per heavy atom. The van der Waals surface area contributed by atoms with E-state index in [0.717, 1.165) is 25.4 Å². The molecule has 0 saturated carbocycles. The van der Waals surface area contributed by atoms with Crippen LogP contribution in [0.4, 0.5) is 0 Å². The molecule has 2 nitrogen and oxygen atoms in total. The first kappa shape index (κ1) is 22.6. The first-order valence-electron chi connectivity index (χ1n) is 8.37. The smallest absolute Gasteiger partial charge is 0.142 e. The van der Waals surface area contributed by atoms with Gasteiger partial charge in [0.05, 0.1) is 0 Å². The van der Waals surface area contributed by atoms with Crippen molar-refractivity contribution in [1.29, 1.82) is 0 Å². The van der Waals surface area contributed by atoms with Crippen molar-refractivity contribution in [2.75, 3.05) is 0 Å². The summed E-state index contributed by atoms with van der Waals surface area (Å²) in [4.78, 5) is 19.6. The van der Waals surface area contributed by atoms with Gasteiger partial charge in [-0.2, -0.15) is 0 Å². The van der Waals surface area contributed by atoms with Crippen LogP contribution >= 0.6 is 0 Å². The Kier molecular flexibility index (Phi) is 25.0. The lowest BCUT2D eigenvalue weighted by molar-refractivity contribution is -0.104. The van der Waals surface area contributed by atoms with Gasteiger partial charge < -0.3 is 0 Å². The van der Waals surface area contributed by atoms with Crippen molar-refractivity contribution in [2.45, 2.75) is 65.2 Å². The third kappa shape index (κ3) is 26.8. The fourth-order valence-electron chi connectivity index (χ4n) is 1.59. The van der Waals surface area contributed by atoms with Crippen LogP contribution in [0.3, 0.4) is 0 Å². The molecule has 0 fully saturated rings. The Labute approximate surface area is 136 Å². The molecule has 2 heteroatoms. The zero-order chi connectivity index (χ0) is 16.7. The van der Waals surface area contributed by atoms with Crippen LogP contribution in [0.25, 0.3) is 0 Å². The molecule has 0 atom stereocenters. The van der Waals surface area contributed by atoms with Crippen molar-refractivity contribution >= 4 is 12.6 Å². The van der Waals surface area contributed by atoms with Gasteiger partial charge in [-0.1, -0.05) is 76.0 Å². The second-order valence-electron chi connectivity index (χ2n) is 4.89. The maximum absolute atomic E-state index is 9.82. The highest BCUT2D eigenvalue weighted by Gasteiger charge is 1.80. The van der Waals surface area contributed by atoms with Gasteiger partial charge in [-0.05, 0) is 37.8 Å². The summed E-state index contributed by atoms with van der Waals surface area (Å²) in [5.41, 5.74) is 0. The summed E-state index contributed by atoms with van der Waals surface area (Å²) in [5, 5.41) is 0. The SMILES string of the molecule is CCCCC/C=C/C=C/C=O.CCCCCC=CC=CC=O. The van der Waals surface area contributed by atoms with Crippen LogP contribution in [-0.2, 0) is 9.59 Å². The number of hydrogen-bond donors (Lipinski definition) is 0. The fraction of sp³-hybridized carbons (Fsp3) is 0.500. The summed E-state index contributed by atoms with van der Waals surface area (Å²) in [7, 11) is 0. The van der Waals surface area contributed by atoms with E-state index in [-0.39, 0.29) is 0 Å². The molecule has 0 aromatic heterocycles. The van der Waals surface area contributed by atoms with E-state index in [0.29, 0.717) is 0 Å². The molecule has 0 amide bonds.